The molecule has 0 radical (unpaired) electrons. The van der Waals surface area contributed by atoms with E-state index in [2.05, 4.69) is 5.32 Å². The molecule has 3 aromatic rings. The maximum atomic E-state index is 14.3. The number of carbonyl (C=O) groups excluding carboxylic acids is 1. The molecule has 0 aliphatic heterocycles. The van der Waals surface area contributed by atoms with Crippen LogP contribution in [-0.4, -0.2) is 18.1 Å². The second-order valence-electron chi connectivity index (χ2n) is 6.04. The number of hydrogen-bond acceptors (Lipinski definition) is 3. The second kappa shape index (κ2) is 8.92. The Kier molecular flexibility index (Phi) is 6.54. The van der Waals surface area contributed by atoms with Crippen LogP contribution < -0.4 is 5.32 Å². The van der Waals surface area contributed by atoms with Gasteiger partial charge in [-0.2, -0.15) is 0 Å². The van der Waals surface area contributed by atoms with E-state index in [1.165, 1.54) is 6.07 Å². The van der Waals surface area contributed by atoms with Crippen molar-refractivity contribution in [2.45, 2.75) is 11.4 Å². The fourth-order valence-electron chi connectivity index (χ4n) is 2.50. The smallest absolute Gasteiger partial charge is 0.259 e. The summed E-state index contributed by atoms with van der Waals surface area (Å²) in [5.41, 5.74) is 1.05. The van der Waals surface area contributed by atoms with Gasteiger partial charge in [0.1, 0.15) is 10.7 Å². The Bertz CT molecular complexity index is 1120. The molecular weight excluding hydrogens is 438 g/mol. The van der Waals surface area contributed by atoms with Gasteiger partial charge in [0.05, 0.1) is 6.54 Å². The lowest BCUT2D eigenvalue weighted by molar-refractivity contribution is 0.102. The molecule has 0 saturated heterocycles. The van der Waals surface area contributed by atoms with Gasteiger partial charge in [-0.3, -0.25) is 4.79 Å². The minimum absolute atomic E-state index is 0.0373. The average molecular weight is 453 g/mol. The summed E-state index contributed by atoms with van der Waals surface area (Å²) in [6, 6.07) is 18.0. The molecule has 0 aliphatic rings. The zero-order valence-corrected chi connectivity index (χ0v) is 17.2. The van der Waals surface area contributed by atoms with Crippen LogP contribution in [0.3, 0.4) is 0 Å². The van der Waals surface area contributed by atoms with Gasteiger partial charge in [-0.15, -0.1) is 3.82 Å². The number of carbonyl (C=O) groups is 1. The lowest BCUT2D eigenvalue weighted by Gasteiger charge is -2.15. The van der Waals surface area contributed by atoms with E-state index in [0.717, 1.165) is 12.1 Å². The minimum Gasteiger partial charge on any atom is -0.322 e. The van der Waals surface area contributed by atoms with Crippen molar-refractivity contribution < 1.29 is 17.6 Å². The molecule has 0 unspecified atom stereocenters. The van der Waals surface area contributed by atoms with Crippen molar-refractivity contribution in [3.05, 3.63) is 94.8 Å². The van der Waals surface area contributed by atoms with Crippen LogP contribution in [0.4, 0.5) is 10.1 Å². The van der Waals surface area contributed by atoms with E-state index >= 15 is 0 Å². The van der Waals surface area contributed by atoms with Gasteiger partial charge in [-0.1, -0.05) is 41.9 Å². The fraction of sp³-hybridized carbons (Fsp3) is 0.0500. The van der Waals surface area contributed by atoms with Crippen molar-refractivity contribution in [3.63, 3.8) is 0 Å². The normalized spacial score (nSPS) is 11.4. The number of halogens is 3. The van der Waals surface area contributed by atoms with E-state index in [9.17, 15) is 17.6 Å². The molecule has 3 rings (SSSR count). The van der Waals surface area contributed by atoms with Crippen LogP contribution in [-0.2, 0) is 16.6 Å². The van der Waals surface area contributed by atoms with Gasteiger partial charge in [-0.25, -0.2) is 12.8 Å². The lowest BCUT2D eigenvalue weighted by atomic mass is 10.2. The highest BCUT2D eigenvalue weighted by Crippen LogP contribution is 2.25. The summed E-state index contributed by atoms with van der Waals surface area (Å²) in [6.45, 7) is -0.161. The van der Waals surface area contributed by atoms with Gasteiger partial charge in [0.2, 0.25) is 0 Å². The molecule has 0 spiro atoms. The molecule has 29 heavy (non-hydrogen) atoms. The zero-order valence-electron chi connectivity index (χ0n) is 14.8. The fourth-order valence-corrected chi connectivity index (χ4v) is 4.11. The van der Waals surface area contributed by atoms with Crippen LogP contribution >= 0.6 is 23.4 Å². The number of anilines is 1. The maximum Gasteiger partial charge on any atom is 0.259 e. The van der Waals surface area contributed by atoms with Crippen molar-refractivity contribution in [2.75, 3.05) is 5.32 Å². The molecule has 5 nitrogen and oxygen atoms in total. The maximum absolute atomic E-state index is 14.3. The summed E-state index contributed by atoms with van der Waals surface area (Å²) in [7, 11) is -4.38. The Labute approximate surface area is 177 Å². The zero-order chi connectivity index (χ0) is 21.0. The SMILES string of the molecule is O=C(Nc1ccc(Cl)cc1)c1ccc(F)c(S(=O)(=O)N(Cl)Cc2ccccc2)c1. The quantitative estimate of drug-likeness (QED) is 0.530. The Morgan fingerprint density at radius 2 is 1.66 bits per heavy atom. The number of nitrogens with zero attached hydrogens (tertiary/aromatic N) is 1. The number of sulfonamides is 1. The third-order valence-corrected chi connectivity index (χ3v) is 6.42. The number of hydrogen-bond donors (Lipinski definition) is 1. The van der Waals surface area contributed by atoms with Crippen molar-refractivity contribution in [3.8, 4) is 0 Å². The van der Waals surface area contributed by atoms with E-state index in [4.69, 9.17) is 23.4 Å². The Morgan fingerprint density at radius 1 is 1.00 bits per heavy atom. The van der Waals surface area contributed by atoms with Crippen LogP contribution in [0.25, 0.3) is 0 Å². The number of amides is 1. The molecule has 150 valence electrons. The largest absolute Gasteiger partial charge is 0.322 e. The summed E-state index contributed by atoms with van der Waals surface area (Å²) in [4.78, 5) is 11.8. The van der Waals surface area contributed by atoms with Gasteiger partial charge < -0.3 is 5.32 Å². The van der Waals surface area contributed by atoms with E-state index < -0.39 is 26.6 Å². The molecule has 3 aromatic carbocycles. The molecule has 0 aliphatic carbocycles. The molecule has 0 bridgehead atoms. The first-order valence-electron chi connectivity index (χ1n) is 8.36. The van der Waals surface area contributed by atoms with E-state index in [1.807, 2.05) is 0 Å². The summed E-state index contributed by atoms with van der Waals surface area (Å²) < 4.78 is 40.3. The van der Waals surface area contributed by atoms with Crippen molar-refractivity contribution in [2.24, 2.45) is 0 Å². The van der Waals surface area contributed by atoms with Gasteiger partial charge in [0, 0.05) is 16.3 Å². The predicted molar refractivity (Wildman–Crippen MR) is 111 cm³/mol. The van der Waals surface area contributed by atoms with Crippen LogP contribution in [0.2, 0.25) is 5.02 Å². The first kappa shape index (κ1) is 21.3. The van der Waals surface area contributed by atoms with E-state index in [-0.39, 0.29) is 12.1 Å². The second-order valence-corrected chi connectivity index (χ2v) is 8.92. The first-order chi connectivity index (χ1) is 13.8. The number of benzene rings is 3. The first-order valence-corrected chi connectivity index (χ1v) is 10.5. The standard InChI is InChI=1S/C20H15Cl2FN2O3S/c21-16-7-9-17(10-8-16)24-20(26)15-6-11-18(23)19(12-15)29(27,28)25(22)13-14-4-2-1-3-5-14/h1-12H,13H2,(H,24,26). The lowest BCUT2D eigenvalue weighted by Crippen LogP contribution is -2.23. The Balaban J connectivity index is 1.85. The Hall–Kier alpha value is -2.45. The highest BCUT2D eigenvalue weighted by molar-refractivity contribution is 7.90. The molecule has 0 heterocycles. The van der Waals surface area contributed by atoms with Crippen molar-refractivity contribution in [1.29, 1.82) is 0 Å². The summed E-state index contributed by atoms with van der Waals surface area (Å²) in [6.07, 6.45) is 0. The highest BCUT2D eigenvalue weighted by atomic mass is 35.5. The Morgan fingerprint density at radius 3 is 2.31 bits per heavy atom. The number of rotatable bonds is 6. The van der Waals surface area contributed by atoms with Gasteiger partial charge in [0.25, 0.3) is 15.9 Å². The molecule has 1 amide bonds. The topological polar surface area (TPSA) is 66.5 Å². The van der Waals surface area contributed by atoms with Crippen LogP contribution in [0.1, 0.15) is 15.9 Å². The van der Waals surface area contributed by atoms with Crippen molar-refractivity contribution in [1.82, 2.24) is 3.82 Å². The predicted octanol–water partition coefficient (Wildman–Crippen LogP) is 5.08. The molecule has 1 N–H and O–H groups in total. The van der Waals surface area contributed by atoms with Crippen LogP contribution in [0.5, 0.6) is 0 Å². The third kappa shape index (κ3) is 5.13. The molecule has 0 atom stereocenters. The van der Waals surface area contributed by atoms with Gasteiger partial charge >= 0.3 is 0 Å². The molecule has 0 aromatic heterocycles. The average Bonchev–Trinajstić information content (AvgIpc) is 2.70. The third-order valence-electron chi connectivity index (χ3n) is 3.98. The monoisotopic (exact) mass is 452 g/mol. The molecule has 0 fully saturated rings. The molecule has 0 saturated carbocycles. The molecular formula is C20H15Cl2FN2O3S. The molecule has 9 heteroatoms. The van der Waals surface area contributed by atoms with E-state index in [1.54, 1.807) is 54.6 Å². The summed E-state index contributed by atoms with van der Waals surface area (Å²) >= 11 is 11.8. The highest BCUT2D eigenvalue weighted by Gasteiger charge is 2.27. The van der Waals surface area contributed by atoms with Crippen LogP contribution in [0.15, 0.2) is 77.7 Å². The van der Waals surface area contributed by atoms with E-state index in [0.29, 0.717) is 20.1 Å². The summed E-state index contributed by atoms with van der Waals surface area (Å²) in [5, 5.41) is 3.09. The van der Waals surface area contributed by atoms with Crippen molar-refractivity contribution >= 4 is 45.0 Å². The minimum atomic E-state index is -4.38. The van der Waals surface area contributed by atoms with Crippen LogP contribution in [0, 0.1) is 5.82 Å². The summed E-state index contributed by atoms with van der Waals surface area (Å²) in [5.74, 6) is -1.61. The van der Waals surface area contributed by atoms with Gasteiger partial charge in [0.15, 0.2) is 0 Å². The number of nitrogens with one attached hydrogen (secondary N) is 1. The van der Waals surface area contributed by atoms with Gasteiger partial charge in [-0.05, 0) is 59.8 Å².